The summed E-state index contributed by atoms with van der Waals surface area (Å²) in [5.41, 5.74) is 2.12. The minimum atomic E-state index is 0.664. The molecule has 0 N–H and O–H groups in total. The van der Waals surface area contributed by atoms with Crippen LogP contribution in [0.1, 0.15) is 25.2 Å². The minimum absolute atomic E-state index is 0.664. The van der Waals surface area contributed by atoms with Gasteiger partial charge in [-0.2, -0.15) is 0 Å². The lowest BCUT2D eigenvalue weighted by molar-refractivity contribution is 0.635. The molecule has 1 aromatic heterocycles. The molecule has 1 nitrogen and oxygen atoms in total. The first-order valence-electron chi connectivity index (χ1n) is 4.30. The van der Waals surface area contributed by atoms with Gasteiger partial charge in [0.05, 0.1) is 5.69 Å². The maximum Gasteiger partial charge on any atom is 0.0627 e. The van der Waals surface area contributed by atoms with Gasteiger partial charge >= 0.3 is 0 Å². The lowest BCUT2D eigenvalue weighted by Crippen LogP contribution is -1.97. The van der Waals surface area contributed by atoms with Crippen LogP contribution in [0.4, 0.5) is 0 Å². The van der Waals surface area contributed by atoms with E-state index in [1.165, 1.54) is 0 Å². The van der Waals surface area contributed by atoms with Crippen LogP contribution >= 0.6 is 0 Å². The van der Waals surface area contributed by atoms with Gasteiger partial charge in [-0.1, -0.05) is 26.5 Å². The standard InChI is InChI=1S/C11H15N/c1-4-10-6-5-7-11(12-10)8-9(2)3/h4-7,9H,1,8H2,2-3H3. The van der Waals surface area contributed by atoms with Gasteiger partial charge in [0.15, 0.2) is 0 Å². The summed E-state index contributed by atoms with van der Waals surface area (Å²) in [4.78, 5) is 4.41. The molecule has 1 heterocycles. The van der Waals surface area contributed by atoms with Gasteiger partial charge in [-0.25, -0.2) is 0 Å². The van der Waals surface area contributed by atoms with Crippen molar-refractivity contribution >= 4 is 6.08 Å². The molecule has 0 radical (unpaired) electrons. The normalized spacial score (nSPS) is 10.2. The number of nitrogens with zero attached hydrogens (tertiary/aromatic N) is 1. The van der Waals surface area contributed by atoms with Crippen LogP contribution < -0.4 is 0 Å². The summed E-state index contributed by atoms with van der Waals surface area (Å²) in [5, 5.41) is 0. The first kappa shape index (κ1) is 8.98. The smallest absolute Gasteiger partial charge is 0.0627 e. The number of pyridine rings is 1. The summed E-state index contributed by atoms with van der Waals surface area (Å²) in [6, 6.07) is 6.06. The van der Waals surface area contributed by atoms with Crippen LogP contribution in [0.5, 0.6) is 0 Å². The highest BCUT2D eigenvalue weighted by atomic mass is 14.7. The van der Waals surface area contributed by atoms with E-state index in [9.17, 15) is 0 Å². The molecule has 0 unspecified atom stereocenters. The largest absolute Gasteiger partial charge is 0.253 e. The van der Waals surface area contributed by atoms with Crippen molar-refractivity contribution in [1.29, 1.82) is 0 Å². The minimum Gasteiger partial charge on any atom is -0.253 e. The van der Waals surface area contributed by atoms with Crippen molar-refractivity contribution in [3.05, 3.63) is 36.2 Å². The fourth-order valence-electron chi connectivity index (χ4n) is 1.14. The predicted octanol–water partition coefficient (Wildman–Crippen LogP) is 2.92. The number of aromatic nitrogens is 1. The van der Waals surface area contributed by atoms with Gasteiger partial charge in [0, 0.05) is 5.69 Å². The molecule has 0 bridgehead atoms. The van der Waals surface area contributed by atoms with Gasteiger partial charge < -0.3 is 0 Å². The average molecular weight is 161 g/mol. The fraction of sp³-hybridized carbons (Fsp3) is 0.364. The monoisotopic (exact) mass is 161 g/mol. The Hall–Kier alpha value is -1.11. The molecule has 0 aromatic carbocycles. The van der Waals surface area contributed by atoms with Crippen LogP contribution in [0.3, 0.4) is 0 Å². The molecule has 0 aliphatic rings. The maximum atomic E-state index is 4.41. The van der Waals surface area contributed by atoms with Crippen molar-refractivity contribution in [1.82, 2.24) is 4.98 Å². The van der Waals surface area contributed by atoms with Crippen LogP contribution in [-0.2, 0) is 6.42 Å². The SMILES string of the molecule is C=Cc1cccc(CC(C)C)n1. The second-order valence-electron chi connectivity index (χ2n) is 3.36. The van der Waals surface area contributed by atoms with E-state index in [2.05, 4.69) is 31.5 Å². The molecule has 0 fully saturated rings. The Kier molecular flexibility index (Phi) is 3.03. The van der Waals surface area contributed by atoms with Crippen LogP contribution in [0.25, 0.3) is 6.08 Å². The van der Waals surface area contributed by atoms with Gasteiger partial charge in [-0.15, -0.1) is 0 Å². The van der Waals surface area contributed by atoms with E-state index < -0.39 is 0 Å². The van der Waals surface area contributed by atoms with E-state index in [0.717, 1.165) is 17.8 Å². The molecule has 1 heteroatoms. The molecule has 0 atom stereocenters. The Balaban J connectivity index is 2.79. The molecule has 1 rings (SSSR count). The number of rotatable bonds is 3. The van der Waals surface area contributed by atoms with Gasteiger partial charge in [0.2, 0.25) is 0 Å². The zero-order chi connectivity index (χ0) is 8.97. The summed E-state index contributed by atoms with van der Waals surface area (Å²) in [6.07, 6.45) is 2.82. The highest BCUT2D eigenvalue weighted by Gasteiger charge is 1.98. The van der Waals surface area contributed by atoms with Crippen LogP contribution in [0.2, 0.25) is 0 Å². The Morgan fingerprint density at radius 1 is 1.50 bits per heavy atom. The second-order valence-corrected chi connectivity index (χ2v) is 3.36. The predicted molar refractivity (Wildman–Crippen MR) is 52.9 cm³/mol. The third-order valence-corrected chi connectivity index (χ3v) is 1.65. The Bertz CT molecular complexity index is 263. The molecule has 12 heavy (non-hydrogen) atoms. The third-order valence-electron chi connectivity index (χ3n) is 1.65. The van der Waals surface area contributed by atoms with E-state index >= 15 is 0 Å². The van der Waals surface area contributed by atoms with Crippen molar-refractivity contribution in [3.8, 4) is 0 Å². The van der Waals surface area contributed by atoms with Crippen molar-refractivity contribution in [2.75, 3.05) is 0 Å². The molecule has 0 aliphatic heterocycles. The fourth-order valence-corrected chi connectivity index (χ4v) is 1.14. The van der Waals surface area contributed by atoms with Crippen LogP contribution in [0, 0.1) is 5.92 Å². The quantitative estimate of drug-likeness (QED) is 0.664. The summed E-state index contributed by atoms with van der Waals surface area (Å²) < 4.78 is 0. The summed E-state index contributed by atoms with van der Waals surface area (Å²) in [5.74, 6) is 0.664. The highest BCUT2D eigenvalue weighted by molar-refractivity contribution is 5.41. The molecule has 64 valence electrons. The lowest BCUT2D eigenvalue weighted by atomic mass is 10.1. The zero-order valence-electron chi connectivity index (χ0n) is 7.75. The number of hydrogen-bond donors (Lipinski definition) is 0. The molecular weight excluding hydrogens is 146 g/mol. The Morgan fingerprint density at radius 3 is 2.83 bits per heavy atom. The highest BCUT2D eigenvalue weighted by Crippen LogP contribution is 2.06. The van der Waals surface area contributed by atoms with Crippen molar-refractivity contribution in [2.24, 2.45) is 5.92 Å². The van der Waals surface area contributed by atoms with Crippen LogP contribution in [-0.4, -0.2) is 4.98 Å². The molecule has 0 aliphatic carbocycles. The van der Waals surface area contributed by atoms with Crippen molar-refractivity contribution in [2.45, 2.75) is 20.3 Å². The van der Waals surface area contributed by atoms with Gasteiger partial charge in [0.25, 0.3) is 0 Å². The Morgan fingerprint density at radius 2 is 2.25 bits per heavy atom. The zero-order valence-corrected chi connectivity index (χ0v) is 7.75. The average Bonchev–Trinajstić information content (AvgIpc) is 2.03. The van der Waals surface area contributed by atoms with E-state index in [-0.39, 0.29) is 0 Å². The summed E-state index contributed by atoms with van der Waals surface area (Å²) in [7, 11) is 0. The van der Waals surface area contributed by atoms with E-state index in [4.69, 9.17) is 0 Å². The molecule has 1 aromatic rings. The first-order valence-corrected chi connectivity index (χ1v) is 4.30. The topological polar surface area (TPSA) is 12.9 Å². The van der Waals surface area contributed by atoms with Crippen molar-refractivity contribution < 1.29 is 0 Å². The summed E-state index contributed by atoms with van der Waals surface area (Å²) in [6.45, 7) is 8.08. The second kappa shape index (κ2) is 4.05. The van der Waals surface area contributed by atoms with E-state index in [1.807, 2.05) is 12.1 Å². The van der Waals surface area contributed by atoms with Gasteiger partial charge in [-0.05, 0) is 30.5 Å². The maximum absolute atomic E-state index is 4.41. The van der Waals surface area contributed by atoms with Crippen molar-refractivity contribution in [3.63, 3.8) is 0 Å². The molecular formula is C11H15N. The number of hydrogen-bond acceptors (Lipinski definition) is 1. The molecule has 0 saturated carbocycles. The summed E-state index contributed by atoms with van der Waals surface area (Å²) >= 11 is 0. The third kappa shape index (κ3) is 2.50. The molecule has 0 amide bonds. The van der Waals surface area contributed by atoms with Gasteiger partial charge in [-0.3, -0.25) is 4.98 Å². The lowest BCUT2D eigenvalue weighted by Gasteiger charge is -2.03. The molecule has 0 spiro atoms. The molecule has 0 saturated heterocycles. The van der Waals surface area contributed by atoms with E-state index in [0.29, 0.717) is 5.92 Å². The van der Waals surface area contributed by atoms with Crippen LogP contribution in [0.15, 0.2) is 24.8 Å². The van der Waals surface area contributed by atoms with Gasteiger partial charge in [0.1, 0.15) is 0 Å². The Labute approximate surface area is 74.2 Å². The first-order chi connectivity index (χ1) is 5.72. The van der Waals surface area contributed by atoms with E-state index in [1.54, 1.807) is 6.08 Å².